The maximum absolute atomic E-state index is 12.7. The summed E-state index contributed by atoms with van der Waals surface area (Å²) in [4.78, 5) is 12.7. The highest BCUT2D eigenvalue weighted by Crippen LogP contribution is 2.42. The predicted molar refractivity (Wildman–Crippen MR) is 118 cm³/mol. The van der Waals surface area contributed by atoms with Gasteiger partial charge in [-0.1, -0.05) is 36.4 Å². The Morgan fingerprint density at radius 3 is 2.50 bits per heavy atom. The van der Waals surface area contributed by atoms with Crippen molar-refractivity contribution in [3.8, 4) is 17.6 Å². The summed E-state index contributed by atoms with van der Waals surface area (Å²) >= 11 is 0. The maximum atomic E-state index is 12.7. The first-order valence-corrected chi connectivity index (χ1v) is 10.4. The van der Waals surface area contributed by atoms with Crippen molar-refractivity contribution in [3.05, 3.63) is 82.4 Å². The van der Waals surface area contributed by atoms with Crippen LogP contribution in [0.5, 0.6) is 11.5 Å². The Hall–Kier alpha value is -3.92. The fourth-order valence-corrected chi connectivity index (χ4v) is 3.52. The van der Waals surface area contributed by atoms with E-state index in [9.17, 15) is 10.1 Å². The van der Waals surface area contributed by atoms with Gasteiger partial charge in [0, 0.05) is 0 Å². The van der Waals surface area contributed by atoms with Crippen LogP contribution >= 0.6 is 0 Å². The molecule has 0 bridgehead atoms. The van der Waals surface area contributed by atoms with Crippen molar-refractivity contribution >= 4 is 5.97 Å². The topological polar surface area (TPSA) is 104 Å². The van der Waals surface area contributed by atoms with Crippen LogP contribution in [0.25, 0.3) is 0 Å². The second kappa shape index (κ2) is 10.4. The number of hydrogen-bond acceptors (Lipinski definition) is 7. The smallest absolute Gasteiger partial charge is 0.338 e. The zero-order valence-corrected chi connectivity index (χ0v) is 18.4. The molecule has 1 aliphatic heterocycles. The fraction of sp³-hybridized carbons (Fsp3) is 0.280. The highest BCUT2D eigenvalue weighted by Gasteiger charge is 2.36. The number of nitrogens with zero attached hydrogens (tertiary/aromatic N) is 1. The van der Waals surface area contributed by atoms with Gasteiger partial charge in [0.25, 0.3) is 0 Å². The van der Waals surface area contributed by atoms with Crippen molar-refractivity contribution in [3.63, 3.8) is 0 Å². The zero-order chi connectivity index (χ0) is 23.1. The normalized spacial score (nSPS) is 15.6. The lowest BCUT2D eigenvalue weighted by Crippen LogP contribution is -2.25. The van der Waals surface area contributed by atoms with Gasteiger partial charge >= 0.3 is 5.97 Å². The second-order valence-electron chi connectivity index (χ2n) is 7.03. The first-order chi connectivity index (χ1) is 15.5. The van der Waals surface area contributed by atoms with Crippen LogP contribution in [0.2, 0.25) is 0 Å². The summed E-state index contributed by atoms with van der Waals surface area (Å²) in [5, 5.41) is 9.75. The van der Waals surface area contributed by atoms with E-state index in [1.807, 2.05) is 37.3 Å². The number of nitrogens with two attached hydrogens (primary N) is 1. The summed E-state index contributed by atoms with van der Waals surface area (Å²) in [6, 6.07) is 17.2. The molecule has 166 valence electrons. The number of hydrogen-bond donors (Lipinski definition) is 1. The Kier molecular flexibility index (Phi) is 7.40. The molecule has 7 heteroatoms. The maximum Gasteiger partial charge on any atom is 0.338 e. The molecule has 0 fully saturated rings. The monoisotopic (exact) mass is 434 g/mol. The Morgan fingerprint density at radius 1 is 1.09 bits per heavy atom. The van der Waals surface area contributed by atoms with Crippen LogP contribution in [0, 0.1) is 11.3 Å². The van der Waals surface area contributed by atoms with Gasteiger partial charge < -0.3 is 24.7 Å². The lowest BCUT2D eigenvalue weighted by atomic mass is 9.83. The summed E-state index contributed by atoms with van der Waals surface area (Å²) in [6.45, 7) is 6.20. The number of carbonyl (C=O) groups is 1. The van der Waals surface area contributed by atoms with Crippen LogP contribution in [0.3, 0.4) is 0 Å². The fourth-order valence-electron chi connectivity index (χ4n) is 3.52. The molecule has 3 rings (SSSR count). The Bertz CT molecular complexity index is 1080. The Morgan fingerprint density at radius 2 is 1.84 bits per heavy atom. The number of carbonyl (C=O) groups excluding carboxylic acids is 1. The first-order valence-electron chi connectivity index (χ1n) is 10.4. The molecule has 2 aromatic carbocycles. The van der Waals surface area contributed by atoms with E-state index in [2.05, 4.69) is 6.07 Å². The molecule has 1 heterocycles. The van der Waals surface area contributed by atoms with Gasteiger partial charge in [0.2, 0.25) is 5.88 Å². The molecule has 1 aliphatic rings. The van der Waals surface area contributed by atoms with Crippen LogP contribution in [-0.2, 0) is 20.9 Å². The second-order valence-corrected chi connectivity index (χ2v) is 7.03. The molecule has 0 spiro atoms. The molecule has 1 atom stereocenters. The van der Waals surface area contributed by atoms with Crippen molar-refractivity contribution in [1.29, 1.82) is 5.26 Å². The first kappa shape index (κ1) is 22.8. The SMILES string of the molecule is CCOC(=O)C1=C(C)OC(N)=C(C#N)C1c1ccc(OCc2ccccc2)c(OCC)c1. The van der Waals surface area contributed by atoms with E-state index < -0.39 is 11.9 Å². The lowest BCUT2D eigenvalue weighted by molar-refractivity contribution is -0.139. The van der Waals surface area contributed by atoms with E-state index in [1.165, 1.54) is 0 Å². The van der Waals surface area contributed by atoms with Crippen molar-refractivity contribution in [2.45, 2.75) is 33.3 Å². The molecular formula is C25H26N2O5. The molecule has 0 aromatic heterocycles. The average Bonchev–Trinajstić information content (AvgIpc) is 2.78. The van der Waals surface area contributed by atoms with Gasteiger partial charge in [0.1, 0.15) is 24.0 Å². The third-order valence-corrected chi connectivity index (χ3v) is 4.94. The van der Waals surface area contributed by atoms with Crippen LogP contribution in [0.15, 0.2) is 71.3 Å². The molecule has 7 nitrogen and oxygen atoms in total. The van der Waals surface area contributed by atoms with E-state index >= 15 is 0 Å². The van der Waals surface area contributed by atoms with E-state index in [-0.39, 0.29) is 23.6 Å². The minimum Gasteiger partial charge on any atom is -0.490 e. The highest BCUT2D eigenvalue weighted by molar-refractivity contribution is 5.92. The molecular weight excluding hydrogens is 408 g/mol. The number of esters is 1. The molecule has 2 N–H and O–H groups in total. The minimum atomic E-state index is -0.741. The molecule has 0 saturated carbocycles. The standard InChI is InChI=1S/C25H26N2O5/c1-4-29-21-13-18(11-12-20(21)31-15-17-9-7-6-8-10-17)23-19(14-26)24(27)32-16(3)22(23)25(28)30-5-2/h6-13,23H,4-5,15,27H2,1-3H3. The molecule has 0 amide bonds. The van der Waals surface area contributed by atoms with Crippen molar-refractivity contribution in [1.82, 2.24) is 0 Å². The number of ether oxygens (including phenoxy) is 4. The number of nitriles is 1. The summed E-state index contributed by atoms with van der Waals surface area (Å²) in [6.07, 6.45) is 0. The van der Waals surface area contributed by atoms with Gasteiger partial charge in [-0.3, -0.25) is 0 Å². The number of rotatable bonds is 8. The quantitative estimate of drug-likeness (QED) is 0.618. The molecule has 0 aliphatic carbocycles. The summed E-state index contributed by atoms with van der Waals surface area (Å²) in [5.41, 5.74) is 8.01. The predicted octanol–water partition coefficient (Wildman–Crippen LogP) is 4.31. The van der Waals surface area contributed by atoms with Crippen molar-refractivity contribution in [2.75, 3.05) is 13.2 Å². The largest absolute Gasteiger partial charge is 0.490 e. The molecule has 32 heavy (non-hydrogen) atoms. The van der Waals surface area contributed by atoms with E-state index in [1.54, 1.807) is 32.0 Å². The molecule has 1 unspecified atom stereocenters. The van der Waals surface area contributed by atoms with Crippen LogP contribution in [0.1, 0.15) is 37.8 Å². The van der Waals surface area contributed by atoms with E-state index in [0.717, 1.165) is 5.56 Å². The third-order valence-electron chi connectivity index (χ3n) is 4.94. The van der Waals surface area contributed by atoms with Crippen molar-refractivity contribution in [2.24, 2.45) is 5.73 Å². The lowest BCUT2D eigenvalue weighted by Gasteiger charge is -2.27. The van der Waals surface area contributed by atoms with Gasteiger partial charge in [-0.05, 0) is 44.0 Å². The highest BCUT2D eigenvalue weighted by atomic mass is 16.5. The summed E-state index contributed by atoms with van der Waals surface area (Å²) in [5.74, 6) is 0.0232. The molecule has 2 aromatic rings. The Balaban J connectivity index is 2.01. The van der Waals surface area contributed by atoms with Crippen LogP contribution in [-0.4, -0.2) is 19.2 Å². The van der Waals surface area contributed by atoms with E-state index in [0.29, 0.717) is 36.0 Å². The number of benzene rings is 2. The van der Waals surface area contributed by atoms with Gasteiger partial charge in [-0.25, -0.2) is 4.79 Å². The van der Waals surface area contributed by atoms with Gasteiger partial charge in [0.05, 0.1) is 24.7 Å². The summed E-state index contributed by atoms with van der Waals surface area (Å²) < 4.78 is 22.5. The van der Waals surface area contributed by atoms with Gasteiger partial charge in [-0.2, -0.15) is 5.26 Å². The van der Waals surface area contributed by atoms with Crippen molar-refractivity contribution < 1.29 is 23.7 Å². The number of allylic oxidation sites excluding steroid dienone is 2. The molecule has 0 saturated heterocycles. The Labute approximate surface area is 187 Å². The average molecular weight is 434 g/mol. The molecule has 0 radical (unpaired) electrons. The third kappa shape index (κ3) is 4.86. The van der Waals surface area contributed by atoms with Gasteiger partial charge in [0.15, 0.2) is 11.5 Å². The zero-order valence-electron chi connectivity index (χ0n) is 18.4. The van der Waals surface area contributed by atoms with E-state index in [4.69, 9.17) is 24.7 Å². The summed E-state index contributed by atoms with van der Waals surface area (Å²) in [7, 11) is 0. The minimum absolute atomic E-state index is 0.0367. The van der Waals surface area contributed by atoms with Gasteiger partial charge in [-0.15, -0.1) is 0 Å². The van der Waals surface area contributed by atoms with Crippen LogP contribution < -0.4 is 15.2 Å². The van der Waals surface area contributed by atoms with Crippen LogP contribution in [0.4, 0.5) is 0 Å².